The molecule has 1 rings (SSSR count). The largest absolute Gasteiger partial charge is 0.480 e. The molecule has 0 aliphatic carbocycles. The van der Waals surface area contributed by atoms with E-state index in [4.69, 9.17) is 5.11 Å². The molecule has 3 nitrogen and oxygen atoms in total. The fourth-order valence-electron chi connectivity index (χ4n) is 1.47. The number of halogens is 1. The second-order valence-electron chi connectivity index (χ2n) is 3.35. The molecule has 0 radical (unpaired) electrons. The summed E-state index contributed by atoms with van der Waals surface area (Å²) in [7, 11) is 1.80. The minimum Gasteiger partial charge on any atom is -0.480 e. The maximum absolute atomic E-state index is 11.0. The second kappa shape index (κ2) is 5.16. The summed E-state index contributed by atoms with van der Waals surface area (Å²) >= 11 is 3.34. The monoisotopic (exact) mass is 271 g/mol. The smallest absolute Gasteiger partial charge is 0.326 e. The Balaban J connectivity index is 2.87. The van der Waals surface area contributed by atoms with Crippen molar-refractivity contribution >= 4 is 27.6 Å². The number of carboxylic acid groups (broad SMARTS) is 1. The van der Waals surface area contributed by atoms with Gasteiger partial charge in [0.1, 0.15) is 6.04 Å². The zero-order valence-electron chi connectivity index (χ0n) is 8.77. The van der Waals surface area contributed by atoms with Crippen LogP contribution in [0.1, 0.15) is 13.3 Å². The highest BCUT2D eigenvalue weighted by atomic mass is 79.9. The maximum atomic E-state index is 11.0. The van der Waals surface area contributed by atoms with Crippen molar-refractivity contribution in [2.24, 2.45) is 0 Å². The van der Waals surface area contributed by atoms with Crippen molar-refractivity contribution in [1.29, 1.82) is 0 Å². The number of carboxylic acids is 1. The highest BCUT2D eigenvalue weighted by Gasteiger charge is 2.20. The third-order valence-electron chi connectivity index (χ3n) is 2.37. The number of benzene rings is 1. The van der Waals surface area contributed by atoms with Crippen LogP contribution in [0.4, 0.5) is 5.69 Å². The van der Waals surface area contributed by atoms with Crippen molar-refractivity contribution < 1.29 is 9.90 Å². The molecule has 1 aromatic carbocycles. The van der Waals surface area contributed by atoms with Gasteiger partial charge in [-0.15, -0.1) is 0 Å². The van der Waals surface area contributed by atoms with Gasteiger partial charge in [0.05, 0.1) is 0 Å². The van der Waals surface area contributed by atoms with E-state index in [2.05, 4.69) is 15.9 Å². The molecule has 0 aliphatic rings. The predicted molar refractivity (Wildman–Crippen MR) is 64.3 cm³/mol. The molecule has 0 unspecified atom stereocenters. The SMILES string of the molecule is CC[C@H](C(=O)O)N(C)c1ccc(Br)cc1. The molecule has 0 spiro atoms. The minimum absolute atomic E-state index is 0.467. The first-order valence-electron chi connectivity index (χ1n) is 4.77. The van der Waals surface area contributed by atoms with E-state index < -0.39 is 12.0 Å². The molecular weight excluding hydrogens is 258 g/mol. The lowest BCUT2D eigenvalue weighted by Gasteiger charge is -2.25. The molecule has 0 fully saturated rings. The quantitative estimate of drug-likeness (QED) is 0.916. The minimum atomic E-state index is -0.789. The Hall–Kier alpha value is -1.03. The fraction of sp³-hybridized carbons (Fsp3) is 0.364. The standard InChI is InChI=1S/C11H14BrNO2/c1-3-10(11(14)15)13(2)9-6-4-8(12)5-7-9/h4-7,10H,3H2,1-2H3,(H,14,15)/t10-/m1/s1. The average Bonchev–Trinajstić information content (AvgIpc) is 2.19. The normalized spacial score (nSPS) is 12.2. The van der Waals surface area contributed by atoms with E-state index in [1.807, 2.05) is 31.2 Å². The van der Waals surface area contributed by atoms with Gasteiger partial charge < -0.3 is 10.0 Å². The van der Waals surface area contributed by atoms with Crippen molar-refractivity contribution in [3.8, 4) is 0 Å². The number of nitrogens with zero attached hydrogens (tertiary/aromatic N) is 1. The Labute approximate surface area is 97.8 Å². The van der Waals surface area contributed by atoms with Crippen molar-refractivity contribution in [1.82, 2.24) is 0 Å². The molecule has 0 aromatic heterocycles. The first kappa shape index (κ1) is 12.0. The van der Waals surface area contributed by atoms with Gasteiger partial charge >= 0.3 is 5.97 Å². The third kappa shape index (κ3) is 2.96. The van der Waals surface area contributed by atoms with E-state index in [1.165, 1.54) is 0 Å². The summed E-state index contributed by atoms with van der Waals surface area (Å²) in [6.07, 6.45) is 0.585. The summed E-state index contributed by atoms with van der Waals surface area (Å²) in [5.41, 5.74) is 0.910. The van der Waals surface area contributed by atoms with Crippen LogP contribution in [-0.4, -0.2) is 24.2 Å². The first-order chi connectivity index (χ1) is 7.06. The Morgan fingerprint density at radius 1 is 1.47 bits per heavy atom. The highest BCUT2D eigenvalue weighted by Crippen LogP contribution is 2.20. The van der Waals surface area contributed by atoms with Crippen molar-refractivity contribution in [2.75, 3.05) is 11.9 Å². The van der Waals surface area contributed by atoms with E-state index in [1.54, 1.807) is 11.9 Å². The lowest BCUT2D eigenvalue weighted by atomic mass is 10.2. The van der Waals surface area contributed by atoms with Gasteiger partial charge in [-0.25, -0.2) is 4.79 Å². The molecule has 0 saturated carbocycles. The molecular formula is C11H14BrNO2. The highest BCUT2D eigenvalue weighted by molar-refractivity contribution is 9.10. The average molecular weight is 272 g/mol. The lowest BCUT2D eigenvalue weighted by molar-refractivity contribution is -0.138. The zero-order chi connectivity index (χ0) is 11.4. The number of rotatable bonds is 4. The summed E-state index contributed by atoms with van der Waals surface area (Å²) < 4.78 is 0.989. The first-order valence-corrected chi connectivity index (χ1v) is 5.56. The Bertz CT molecular complexity index is 337. The summed E-state index contributed by atoms with van der Waals surface area (Å²) in [5, 5.41) is 9.01. The molecule has 82 valence electrons. The summed E-state index contributed by atoms with van der Waals surface area (Å²) in [6.45, 7) is 1.87. The molecule has 0 saturated heterocycles. The van der Waals surface area contributed by atoms with Gasteiger partial charge in [0.15, 0.2) is 0 Å². The van der Waals surface area contributed by atoms with Crippen LogP contribution >= 0.6 is 15.9 Å². The number of hydrogen-bond donors (Lipinski definition) is 1. The van der Waals surface area contributed by atoms with Crippen LogP contribution in [0.15, 0.2) is 28.7 Å². The van der Waals surface area contributed by atoms with Crippen LogP contribution < -0.4 is 4.90 Å². The molecule has 0 heterocycles. The molecule has 1 aromatic rings. The Morgan fingerprint density at radius 2 is 2.00 bits per heavy atom. The van der Waals surface area contributed by atoms with Gasteiger partial charge in [0, 0.05) is 17.2 Å². The predicted octanol–water partition coefficient (Wildman–Crippen LogP) is 2.75. The van der Waals surface area contributed by atoms with Gasteiger partial charge in [-0.3, -0.25) is 0 Å². The van der Waals surface area contributed by atoms with E-state index in [0.717, 1.165) is 10.2 Å². The number of carbonyl (C=O) groups is 1. The summed E-state index contributed by atoms with van der Waals surface area (Å²) in [5.74, 6) is -0.789. The van der Waals surface area contributed by atoms with Crippen LogP contribution in [0.3, 0.4) is 0 Å². The molecule has 1 atom stereocenters. The molecule has 15 heavy (non-hydrogen) atoms. The lowest BCUT2D eigenvalue weighted by Crippen LogP contribution is -2.37. The van der Waals surface area contributed by atoms with Crippen LogP contribution in [0.5, 0.6) is 0 Å². The van der Waals surface area contributed by atoms with Gasteiger partial charge in [-0.05, 0) is 30.7 Å². The Morgan fingerprint density at radius 3 is 2.40 bits per heavy atom. The van der Waals surface area contributed by atoms with Crippen molar-refractivity contribution in [3.05, 3.63) is 28.7 Å². The van der Waals surface area contributed by atoms with E-state index in [0.29, 0.717) is 6.42 Å². The van der Waals surface area contributed by atoms with Gasteiger partial charge in [0.2, 0.25) is 0 Å². The van der Waals surface area contributed by atoms with Crippen LogP contribution in [0, 0.1) is 0 Å². The van der Waals surface area contributed by atoms with Crippen LogP contribution in [0.25, 0.3) is 0 Å². The van der Waals surface area contributed by atoms with Crippen molar-refractivity contribution in [2.45, 2.75) is 19.4 Å². The second-order valence-corrected chi connectivity index (χ2v) is 4.27. The number of hydrogen-bond acceptors (Lipinski definition) is 2. The van der Waals surface area contributed by atoms with Gasteiger partial charge in [-0.1, -0.05) is 22.9 Å². The molecule has 0 bridgehead atoms. The molecule has 1 N–H and O–H groups in total. The van der Waals surface area contributed by atoms with Crippen LogP contribution in [0.2, 0.25) is 0 Å². The zero-order valence-corrected chi connectivity index (χ0v) is 10.4. The topological polar surface area (TPSA) is 40.5 Å². The molecule has 4 heteroatoms. The van der Waals surface area contributed by atoms with E-state index in [-0.39, 0.29) is 0 Å². The van der Waals surface area contributed by atoms with E-state index in [9.17, 15) is 4.79 Å². The number of anilines is 1. The number of likely N-dealkylation sites (N-methyl/N-ethyl adjacent to an activating group) is 1. The molecule has 0 amide bonds. The maximum Gasteiger partial charge on any atom is 0.326 e. The van der Waals surface area contributed by atoms with Gasteiger partial charge in [0.25, 0.3) is 0 Å². The molecule has 0 aliphatic heterocycles. The van der Waals surface area contributed by atoms with Crippen molar-refractivity contribution in [3.63, 3.8) is 0 Å². The van der Waals surface area contributed by atoms with Gasteiger partial charge in [-0.2, -0.15) is 0 Å². The Kier molecular flexibility index (Phi) is 4.15. The third-order valence-corrected chi connectivity index (χ3v) is 2.90. The van der Waals surface area contributed by atoms with E-state index >= 15 is 0 Å². The summed E-state index contributed by atoms with van der Waals surface area (Å²) in [4.78, 5) is 12.7. The summed E-state index contributed by atoms with van der Waals surface area (Å²) in [6, 6.07) is 7.14. The fourth-order valence-corrected chi connectivity index (χ4v) is 1.73. The number of aliphatic carboxylic acids is 1. The van der Waals surface area contributed by atoms with Crippen LogP contribution in [-0.2, 0) is 4.79 Å².